The number of rotatable bonds is 7. The maximum absolute atomic E-state index is 13.9. The molecule has 1 aliphatic rings. The number of aromatic nitrogens is 3. The quantitative estimate of drug-likeness (QED) is 0.442. The maximum Gasteiger partial charge on any atom is 0.416 e. The van der Waals surface area contributed by atoms with Crippen LogP contribution in [0.25, 0.3) is 5.65 Å². The van der Waals surface area contributed by atoms with Gasteiger partial charge in [-0.15, -0.1) is 0 Å². The molecule has 0 saturated carbocycles. The molecule has 2 aromatic heterocycles. The number of hydrogen-bond acceptors (Lipinski definition) is 6. The van der Waals surface area contributed by atoms with Crippen LogP contribution in [0.1, 0.15) is 64.9 Å². The van der Waals surface area contributed by atoms with Crippen molar-refractivity contribution in [1.82, 2.24) is 30.1 Å². The summed E-state index contributed by atoms with van der Waals surface area (Å²) in [5.74, 6) is -3.16. The summed E-state index contributed by atoms with van der Waals surface area (Å²) < 4.78 is 79.5. The van der Waals surface area contributed by atoms with E-state index in [4.69, 9.17) is 21.1 Å². The van der Waals surface area contributed by atoms with Crippen molar-refractivity contribution < 1.29 is 41.0 Å². The number of imidazole rings is 1. The predicted octanol–water partition coefficient (Wildman–Crippen LogP) is 5.03. The summed E-state index contributed by atoms with van der Waals surface area (Å²) in [5, 5.41) is 8.62. The van der Waals surface area contributed by atoms with E-state index in [2.05, 4.69) is 20.7 Å². The van der Waals surface area contributed by atoms with Crippen LogP contribution >= 0.6 is 11.6 Å². The molecule has 3 rings (SSSR count). The summed E-state index contributed by atoms with van der Waals surface area (Å²) >= 11 is 6.31. The molecule has 3 heterocycles. The Labute approximate surface area is 226 Å². The van der Waals surface area contributed by atoms with Crippen molar-refractivity contribution in [2.45, 2.75) is 76.9 Å². The minimum absolute atomic E-state index is 0.0643. The number of urea groups is 1. The van der Waals surface area contributed by atoms with Gasteiger partial charge in [0.15, 0.2) is 16.4 Å². The molecule has 3 amide bonds. The van der Waals surface area contributed by atoms with Crippen molar-refractivity contribution in [2.75, 3.05) is 19.7 Å². The maximum atomic E-state index is 13.9. The molecule has 1 aliphatic heterocycles. The molecule has 0 unspecified atom stereocenters. The lowest BCUT2D eigenvalue weighted by Gasteiger charge is -2.37. The molecular formula is C23H30ClF5N6O4. The van der Waals surface area contributed by atoms with Crippen molar-refractivity contribution >= 4 is 29.4 Å². The summed E-state index contributed by atoms with van der Waals surface area (Å²) in [5.41, 5.74) is -3.03. The minimum Gasteiger partial charge on any atom is -0.444 e. The van der Waals surface area contributed by atoms with Gasteiger partial charge in [0, 0.05) is 5.56 Å². The fourth-order valence-corrected chi connectivity index (χ4v) is 3.88. The first-order valence-electron chi connectivity index (χ1n) is 11.9. The van der Waals surface area contributed by atoms with E-state index in [1.54, 1.807) is 20.8 Å². The Hall–Kier alpha value is -2.94. The lowest BCUT2D eigenvalue weighted by molar-refractivity contribution is -0.265. The van der Waals surface area contributed by atoms with Crippen LogP contribution in [0.5, 0.6) is 0 Å². The van der Waals surface area contributed by atoms with Gasteiger partial charge in [-0.25, -0.2) is 27.9 Å². The standard InChI is InChI=1S/C23H30ClF5N6O4/c1-12(34-11-22(25,26)10-30-18(34)36)13-7-16-31-14(8-35(16)33-17(13)24)15(32-19(37)39-20(2,3)4)9-38-21(5,6)23(27,28)29/h7-8,12,15H,9-11H2,1-6H3,(H,30,36)(H,32,37)/t12-,15+/m1/s1. The summed E-state index contributed by atoms with van der Waals surface area (Å²) in [6.45, 7) is 5.76. The smallest absolute Gasteiger partial charge is 0.416 e. The van der Waals surface area contributed by atoms with Gasteiger partial charge < -0.3 is 25.0 Å². The predicted molar refractivity (Wildman–Crippen MR) is 130 cm³/mol. The molecule has 218 valence electrons. The minimum atomic E-state index is -4.69. The Morgan fingerprint density at radius 3 is 2.49 bits per heavy atom. The summed E-state index contributed by atoms with van der Waals surface area (Å²) in [7, 11) is 0. The van der Waals surface area contributed by atoms with Crippen LogP contribution in [0.4, 0.5) is 31.5 Å². The first kappa shape index (κ1) is 30.6. The van der Waals surface area contributed by atoms with Crippen molar-refractivity contribution in [3.63, 3.8) is 0 Å². The number of nitrogens with zero attached hydrogens (tertiary/aromatic N) is 4. The van der Waals surface area contributed by atoms with E-state index in [1.807, 2.05) is 0 Å². The van der Waals surface area contributed by atoms with Crippen LogP contribution in [-0.4, -0.2) is 74.6 Å². The highest BCUT2D eigenvalue weighted by atomic mass is 35.5. The van der Waals surface area contributed by atoms with Crippen molar-refractivity contribution in [3.8, 4) is 0 Å². The molecule has 0 radical (unpaired) electrons. The number of ether oxygens (including phenoxy) is 2. The number of alkyl carbamates (subject to hydrolysis) is 1. The van der Waals surface area contributed by atoms with Gasteiger partial charge in [0.25, 0.3) is 5.92 Å². The van der Waals surface area contributed by atoms with Crippen molar-refractivity contribution in [2.24, 2.45) is 0 Å². The highest BCUT2D eigenvalue weighted by molar-refractivity contribution is 6.30. The highest BCUT2D eigenvalue weighted by Crippen LogP contribution is 2.34. The number of halogens is 6. The van der Waals surface area contributed by atoms with Gasteiger partial charge >= 0.3 is 18.3 Å². The Morgan fingerprint density at radius 2 is 1.90 bits per heavy atom. The molecule has 0 aromatic carbocycles. The molecule has 39 heavy (non-hydrogen) atoms. The average Bonchev–Trinajstić information content (AvgIpc) is 3.17. The molecule has 0 spiro atoms. The van der Waals surface area contributed by atoms with Gasteiger partial charge in [0.1, 0.15) is 5.60 Å². The van der Waals surface area contributed by atoms with Gasteiger partial charge in [-0.1, -0.05) is 11.6 Å². The van der Waals surface area contributed by atoms with E-state index in [-0.39, 0.29) is 22.1 Å². The normalized spacial score (nSPS) is 18.1. The number of carbonyl (C=O) groups is 2. The molecule has 0 bridgehead atoms. The Morgan fingerprint density at radius 1 is 1.26 bits per heavy atom. The van der Waals surface area contributed by atoms with Gasteiger partial charge in [0.05, 0.1) is 43.7 Å². The van der Waals surface area contributed by atoms with E-state index >= 15 is 0 Å². The molecule has 2 N–H and O–H groups in total. The lowest BCUT2D eigenvalue weighted by atomic mass is 10.1. The molecular weight excluding hydrogens is 555 g/mol. The van der Waals surface area contributed by atoms with Crippen LogP contribution in [0, 0.1) is 0 Å². The Balaban J connectivity index is 1.94. The Kier molecular flexibility index (Phi) is 8.29. The Bertz CT molecular complexity index is 1230. The summed E-state index contributed by atoms with van der Waals surface area (Å²) in [6, 6.07) is -1.42. The zero-order valence-electron chi connectivity index (χ0n) is 22.1. The number of nitrogens with one attached hydrogen (secondary N) is 2. The first-order valence-corrected chi connectivity index (χ1v) is 12.3. The second-order valence-corrected chi connectivity index (χ2v) is 11.1. The third-order valence-corrected chi connectivity index (χ3v) is 6.16. The second-order valence-electron chi connectivity index (χ2n) is 10.7. The second kappa shape index (κ2) is 10.6. The highest BCUT2D eigenvalue weighted by Gasteiger charge is 2.49. The molecule has 0 aliphatic carbocycles. The fourth-order valence-electron chi connectivity index (χ4n) is 3.58. The van der Waals surface area contributed by atoms with E-state index in [0.717, 1.165) is 18.7 Å². The number of amides is 3. The number of alkyl halides is 5. The largest absolute Gasteiger partial charge is 0.444 e. The zero-order chi connectivity index (χ0) is 29.6. The summed E-state index contributed by atoms with van der Waals surface area (Å²) in [4.78, 5) is 29.9. The topological polar surface area (TPSA) is 110 Å². The summed E-state index contributed by atoms with van der Waals surface area (Å²) in [6.07, 6.45) is -4.29. The van der Waals surface area contributed by atoms with Crippen LogP contribution < -0.4 is 10.6 Å². The zero-order valence-corrected chi connectivity index (χ0v) is 22.9. The van der Waals surface area contributed by atoms with Crippen LogP contribution in [0.3, 0.4) is 0 Å². The van der Waals surface area contributed by atoms with Crippen LogP contribution in [0.2, 0.25) is 5.15 Å². The van der Waals surface area contributed by atoms with Gasteiger partial charge in [-0.2, -0.15) is 18.3 Å². The third-order valence-electron chi connectivity index (χ3n) is 5.87. The number of carbonyl (C=O) groups excluding carboxylic acids is 2. The van der Waals surface area contributed by atoms with E-state index in [0.29, 0.717) is 0 Å². The van der Waals surface area contributed by atoms with E-state index in [1.165, 1.54) is 23.7 Å². The van der Waals surface area contributed by atoms with E-state index < -0.39 is 67.2 Å². The number of hydrogen-bond donors (Lipinski definition) is 2. The molecule has 16 heteroatoms. The van der Waals surface area contributed by atoms with Crippen LogP contribution in [-0.2, 0) is 9.47 Å². The molecule has 1 saturated heterocycles. The molecule has 2 aromatic rings. The number of fused-ring (bicyclic) bond motifs is 1. The van der Waals surface area contributed by atoms with Crippen molar-refractivity contribution in [1.29, 1.82) is 0 Å². The molecule has 2 atom stereocenters. The van der Waals surface area contributed by atoms with Gasteiger partial charge in [-0.3, -0.25) is 0 Å². The fraction of sp³-hybridized carbons (Fsp3) is 0.652. The van der Waals surface area contributed by atoms with Crippen molar-refractivity contribution in [3.05, 3.63) is 28.7 Å². The van der Waals surface area contributed by atoms with Gasteiger partial charge in [-0.05, 0) is 47.6 Å². The lowest BCUT2D eigenvalue weighted by Crippen LogP contribution is -2.57. The molecule has 10 nitrogen and oxygen atoms in total. The third kappa shape index (κ3) is 7.38. The van der Waals surface area contributed by atoms with Crippen LogP contribution in [0.15, 0.2) is 12.3 Å². The first-order chi connectivity index (χ1) is 17.7. The SMILES string of the molecule is C[C@H](c1cc2nc([C@H](COC(C)(C)C(F)(F)F)NC(=O)OC(C)(C)C)cn2nc1Cl)N1CC(F)(F)CNC1=O. The average molecular weight is 585 g/mol. The van der Waals surface area contributed by atoms with E-state index in [9.17, 15) is 31.5 Å². The van der Waals surface area contributed by atoms with Gasteiger partial charge in [0.2, 0.25) is 0 Å². The monoisotopic (exact) mass is 584 g/mol. The molecule has 1 fully saturated rings.